The van der Waals surface area contributed by atoms with Gasteiger partial charge in [0.2, 0.25) is 5.82 Å². The van der Waals surface area contributed by atoms with E-state index in [1.165, 1.54) is 0 Å². The molecule has 0 N–H and O–H groups in total. The number of ether oxygens (including phenoxy) is 3. The summed E-state index contributed by atoms with van der Waals surface area (Å²) in [5, 5.41) is 0. The van der Waals surface area contributed by atoms with Crippen LogP contribution in [0.4, 0.5) is 0 Å². The maximum atomic E-state index is 12.5. The van der Waals surface area contributed by atoms with Crippen molar-refractivity contribution in [3.8, 4) is 23.0 Å². The topological polar surface area (TPSA) is 81.5 Å². The summed E-state index contributed by atoms with van der Waals surface area (Å²) < 4.78 is 31.0. The average Bonchev–Trinajstić information content (AvgIpc) is 3.10. The average molecular weight is 418 g/mol. The van der Waals surface area contributed by atoms with Crippen LogP contribution in [0.3, 0.4) is 0 Å². The van der Waals surface area contributed by atoms with E-state index in [0.717, 1.165) is 17.5 Å². The van der Waals surface area contributed by atoms with Gasteiger partial charge in [-0.25, -0.2) is 4.98 Å². The number of fused-ring (bicyclic) bond motifs is 1. The highest BCUT2D eigenvalue weighted by Gasteiger charge is 2.23. The van der Waals surface area contributed by atoms with Crippen LogP contribution in [-0.2, 0) is 16.1 Å². The van der Waals surface area contributed by atoms with Crippen LogP contribution < -0.4 is 9.47 Å². The molecule has 3 rings (SSSR count). The molecule has 2 aromatic heterocycles. The lowest BCUT2D eigenvalue weighted by Crippen LogP contribution is -2.14. The molecule has 0 bridgehead atoms. The van der Waals surface area contributed by atoms with Gasteiger partial charge in [0.1, 0.15) is 35.6 Å². The molecule has 3 aromatic rings. The van der Waals surface area contributed by atoms with Crippen molar-refractivity contribution in [2.24, 2.45) is 0 Å². The Labute approximate surface area is 174 Å². The number of imidazole rings is 1. The van der Waals surface area contributed by atoms with E-state index < -0.39 is 11.4 Å². The molecule has 0 saturated heterocycles. The molecule has 0 fully saturated rings. The van der Waals surface area contributed by atoms with Crippen LogP contribution in [0.2, 0.25) is 0 Å². The van der Waals surface area contributed by atoms with Crippen molar-refractivity contribution in [3.63, 3.8) is 0 Å². The van der Waals surface area contributed by atoms with E-state index in [4.69, 9.17) is 19.2 Å². The number of benzene rings is 1. The van der Waals surface area contributed by atoms with E-state index in [1.807, 2.05) is 38.1 Å². The molecule has 29 heavy (non-hydrogen) atoms. The van der Waals surface area contributed by atoms with E-state index in [1.54, 1.807) is 23.5 Å². The Kier molecular flexibility index (Phi) is 7.00. The monoisotopic (exact) mass is 417 g/mol. The normalized spacial score (nSPS) is 13.4. The Bertz CT molecular complexity index is 974. The predicted molar refractivity (Wildman–Crippen MR) is 115 cm³/mol. The molecule has 0 aliphatic heterocycles. The fourth-order valence-electron chi connectivity index (χ4n) is 2.99. The van der Waals surface area contributed by atoms with Gasteiger partial charge < -0.3 is 18.8 Å². The molecule has 0 spiro atoms. The summed E-state index contributed by atoms with van der Waals surface area (Å²) in [5.74, 6) is 1.94. The molecule has 8 heteroatoms. The second-order valence-electron chi connectivity index (χ2n) is 6.73. The van der Waals surface area contributed by atoms with Crippen molar-refractivity contribution >= 4 is 22.4 Å². The van der Waals surface area contributed by atoms with E-state index >= 15 is 0 Å². The SMILES string of the molecule is CCC(C)OCCOc1ccnc(-c2nc3cc(OC)ccc3n2[S+](C)[O-])c1C. The first-order chi connectivity index (χ1) is 14.0. The number of pyridine rings is 1. The standard InChI is InChI=1S/C21H27N3O4S/c1-6-14(2)27-11-12-28-19-9-10-22-20(15(19)3)21-23-17-13-16(26-4)7-8-18(17)24(21)29(5)25/h7-10,13-14H,6,11-12H2,1-5H3. The van der Waals surface area contributed by atoms with Crippen molar-refractivity contribution in [1.82, 2.24) is 13.9 Å². The van der Waals surface area contributed by atoms with Gasteiger partial charge in [0.15, 0.2) is 0 Å². The molecule has 0 aliphatic rings. The molecule has 156 valence electrons. The lowest BCUT2D eigenvalue weighted by Gasteiger charge is -2.14. The third-order valence-corrected chi connectivity index (χ3v) is 5.65. The second kappa shape index (κ2) is 9.47. The minimum Gasteiger partial charge on any atom is -0.593 e. The molecule has 0 radical (unpaired) electrons. The smallest absolute Gasteiger partial charge is 0.206 e. The van der Waals surface area contributed by atoms with Crippen molar-refractivity contribution in [1.29, 1.82) is 0 Å². The van der Waals surface area contributed by atoms with Gasteiger partial charge in [-0.1, -0.05) is 6.92 Å². The molecular weight excluding hydrogens is 390 g/mol. The van der Waals surface area contributed by atoms with E-state index in [2.05, 4.69) is 11.9 Å². The Morgan fingerprint density at radius 3 is 2.72 bits per heavy atom. The molecule has 1 aromatic carbocycles. The molecule has 0 aliphatic carbocycles. The highest BCUT2D eigenvalue weighted by Crippen LogP contribution is 2.32. The van der Waals surface area contributed by atoms with E-state index in [-0.39, 0.29) is 6.10 Å². The third-order valence-electron chi connectivity index (χ3n) is 4.76. The number of nitrogens with zero attached hydrogens (tertiary/aromatic N) is 3. The largest absolute Gasteiger partial charge is 0.593 e. The fraction of sp³-hybridized carbons (Fsp3) is 0.429. The Balaban J connectivity index is 1.94. The Morgan fingerprint density at radius 1 is 1.24 bits per heavy atom. The van der Waals surface area contributed by atoms with Crippen LogP contribution in [0.5, 0.6) is 11.5 Å². The summed E-state index contributed by atoms with van der Waals surface area (Å²) >= 11 is -1.31. The van der Waals surface area contributed by atoms with Crippen molar-refractivity contribution in [2.45, 2.75) is 33.3 Å². The van der Waals surface area contributed by atoms with Gasteiger partial charge >= 0.3 is 0 Å². The van der Waals surface area contributed by atoms with Gasteiger partial charge in [0, 0.05) is 17.8 Å². The summed E-state index contributed by atoms with van der Waals surface area (Å²) in [6.45, 7) is 7.02. The quantitative estimate of drug-likeness (QED) is 0.390. The van der Waals surface area contributed by atoms with Gasteiger partial charge in [0.25, 0.3) is 0 Å². The van der Waals surface area contributed by atoms with Crippen LogP contribution in [0.25, 0.3) is 22.6 Å². The van der Waals surface area contributed by atoms with Crippen LogP contribution in [0.1, 0.15) is 25.8 Å². The zero-order chi connectivity index (χ0) is 21.0. The van der Waals surface area contributed by atoms with Gasteiger partial charge in [-0.15, -0.1) is 3.97 Å². The fourth-order valence-corrected chi connectivity index (χ4v) is 3.80. The van der Waals surface area contributed by atoms with Crippen molar-refractivity contribution in [2.75, 3.05) is 26.6 Å². The first-order valence-electron chi connectivity index (χ1n) is 9.57. The summed E-state index contributed by atoms with van der Waals surface area (Å²) in [6.07, 6.45) is 4.48. The van der Waals surface area contributed by atoms with Crippen LogP contribution in [0, 0.1) is 6.92 Å². The Hall–Kier alpha value is -2.29. The van der Waals surface area contributed by atoms with Gasteiger partial charge in [-0.3, -0.25) is 4.98 Å². The highest BCUT2D eigenvalue weighted by atomic mass is 32.2. The predicted octanol–water partition coefficient (Wildman–Crippen LogP) is 3.75. The minimum atomic E-state index is -1.31. The maximum Gasteiger partial charge on any atom is 0.206 e. The number of methoxy groups -OCH3 is 1. The number of hydrogen-bond donors (Lipinski definition) is 0. The Morgan fingerprint density at radius 2 is 2.03 bits per heavy atom. The first-order valence-corrected chi connectivity index (χ1v) is 11.1. The minimum absolute atomic E-state index is 0.212. The molecule has 2 atom stereocenters. The molecular formula is C21H27N3O4S. The molecule has 0 amide bonds. The van der Waals surface area contributed by atoms with Crippen LogP contribution in [0.15, 0.2) is 30.5 Å². The first kappa shape index (κ1) is 21.4. The molecule has 7 nitrogen and oxygen atoms in total. The molecule has 2 unspecified atom stereocenters. The van der Waals surface area contributed by atoms with Gasteiger partial charge in [-0.2, -0.15) is 0 Å². The maximum absolute atomic E-state index is 12.5. The molecule has 0 saturated carbocycles. The number of rotatable bonds is 9. The lowest BCUT2D eigenvalue weighted by molar-refractivity contribution is 0.0425. The van der Waals surface area contributed by atoms with E-state index in [9.17, 15) is 4.55 Å². The highest BCUT2D eigenvalue weighted by molar-refractivity contribution is 7.89. The summed E-state index contributed by atoms with van der Waals surface area (Å²) in [6, 6.07) is 7.33. The van der Waals surface area contributed by atoms with Crippen LogP contribution in [-0.4, -0.2) is 51.2 Å². The molecule has 2 heterocycles. The lowest BCUT2D eigenvalue weighted by atomic mass is 10.2. The number of aromatic nitrogens is 3. The van der Waals surface area contributed by atoms with Crippen LogP contribution >= 0.6 is 0 Å². The number of hydrogen-bond acceptors (Lipinski definition) is 6. The second-order valence-corrected chi connectivity index (χ2v) is 7.94. The van der Waals surface area contributed by atoms with Gasteiger partial charge in [-0.05, 0) is 38.5 Å². The van der Waals surface area contributed by atoms with Crippen molar-refractivity contribution < 1.29 is 18.8 Å². The summed E-state index contributed by atoms with van der Waals surface area (Å²) in [4.78, 5) is 9.19. The van der Waals surface area contributed by atoms with Crippen molar-refractivity contribution in [3.05, 3.63) is 36.0 Å². The summed E-state index contributed by atoms with van der Waals surface area (Å²) in [7, 11) is 1.61. The zero-order valence-electron chi connectivity index (χ0n) is 17.5. The van der Waals surface area contributed by atoms with Gasteiger partial charge in [0.05, 0.1) is 36.7 Å². The zero-order valence-corrected chi connectivity index (χ0v) is 18.3. The van der Waals surface area contributed by atoms with E-state index in [0.29, 0.717) is 41.7 Å². The summed E-state index contributed by atoms with van der Waals surface area (Å²) in [5.41, 5.74) is 2.93. The third kappa shape index (κ3) is 4.66.